The largest absolute Gasteiger partial charge is 0.545 e. The lowest BCUT2D eigenvalue weighted by atomic mass is 10.0. The molecule has 0 amide bonds. The van der Waals surface area contributed by atoms with Gasteiger partial charge < -0.3 is 33.3 Å². The lowest BCUT2D eigenvalue weighted by molar-refractivity contribution is -0.870. The van der Waals surface area contributed by atoms with Crippen LogP contribution in [0.4, 0.5) is 0 Å². The molecular weight excluding hydrogens is 971 g/mol. The summed E-state index contributed by atoms with van der Waals surface area (Å²) in [6, 6.07) is 0. The maximum Gasteiger partial charge on any atom is 0.306 e. The first-order valence-electron chi connectivity index (χ1n) is 34.3. The van der Waals surface area contributed by atoms with Crippen LogP contribution in [0.15, 0.2) is 12.2 Å². The number of esters is 2. The van der Waals surface area contributed by atoms with Gasteiger partial charge in [0, 0.05) is 12.8 Å². The molecule has 462 valence electrons. The lowest BCUT2D eigenvalue weighted by Gasteiger charge is -2.26. The molecule has 0 fully saturated rings. The minimum absolute atomic E-state index is 0.153. The standard InChI is InChI=1S/C69H133NO8/c1-6-8-10-12-14-16-18-20-22-24-26-28-30-31-32-33-34-35-36-37-38-40-42-44-46-48-50-52-54-56-58-60-67(72)78-65(64-77-69(68(73)74)75-62-61-70(3,4)5)63-76-66(71)59-57-55-53-51-49-47-45-43-41-39-29-27-25-23-21-19-17-15-13-11-9-7-2/h24,26,65,69H,6-23,25,27-64H2,1-5H3/b26-24-. The maximum atomic E-state index is 12.9. The van der Waals surface area contributed by atoms with Crippen LogP contribution >= 0.6 is 0 Å². The Balaban J connectivity index is 4.05. The molecule has 9 nitrogen and oxygen atoms in total. The number of nitrogens with zero attached hydrogens (tertiary/aromatic N) is 1. The molecule has 0 aliphatic heterocycles. The van der Waals surface area contributed by atoms with E-state index in [0.717, 1.165) is 38.5 Å². The monoisotopic (exact) mass is 1100 g/mol. The van der Waals surface area contributed by atoms with Gasteiger partial charge in [-0.15, -0.1) is 0 Å². The number of ether oxygens (including phenoxy) is 4. The molecule has 0 saturated heterocycles. The molecule has 0 aliphatic carbocycles. The van der Waals surface area contributed by atoms with E-state index in [9.17, 15) is 19.5 Å². The molecule has 0 N–H and O–H groups in total. The zero-order valence-electron chi connectivity index (χ0n) is 52.8. The molecule has 0 bridgehead atoms. The first-order chi connectivity index (χ1) is 38.1. The second-order valence-electron chi connectivity index (χ2n) is 24.8. The fourth-order valence-electron chi connectivity index (χ4n) is 10.5. The number of likely N-dealkylation sites (N-methyl/N-ethyl adjacent to an activating group) is 1. The Kier molecular flexibility index (Phi) is 59.6. The average molecular weight is 1100 g/mol. The summed E-state index contributed by atoms with van der Waals surface area (Å²) in [5, 5.41) is 11.8. The SMILES string of the molecule is CCCCCCCCCC/C=C\CCCCCCCCCCCCCCCCCCCCCC(=O)OC(COC(=O)CCCCCCCCCCCCCCCCCCCCCCCC)COC(OCC[N+](C)(C)C)C(=O)[O-]. The molecule has 0 aromatic carbocycles. The van der Waals surface area contributed by atoms with Gasteiger partial charge in [0.2, 0.25) is 0 Å². The highest BCUT2D eigenvalue weighted by molar-refractivity contribution is 5.70. The number of quaternary nitrogens is 1. The third-order valence-electron chi connectivity index (χ3n) is 15.8. The zero-order valence-corrected chi connectivity index (χ0v) is 52.8. The highest BCUT2D eigenvalue weighted by Crippen LogP contribution is 2.19. The van der Waals surface area contributed by atoms with Crippen LogP contribution in [0.25, 0.3) is 0 Å². The second kappa shape index (κ2) is 61.1. The van der Waals surface area contributed by atoms with Crippen LogP contribution in [0.2, 0.25) is 0 Å². The number of carboxylic acids is 1. The summed E-state index contributed by atoms with van der Waals surface area (Å²) in [4.78, 5) is 37.4. The number of carbonyl (C=O) groups excluding carboxylic acids is 3. The highest BCUT2D eigenvalue weighted by Gasteiger charge is 2.22. The normalized spacial score (nSPS) is 12.7. The summed E-state index contributed by atoms with van der Waals surface area (Å²) in [5.41, 5.74) is 0. The van der Waals surface area contributed by atoms with Crippen LogP contribution in [0.5, 0.6) is 0 Å². The molecule has 0 spiro atoms. The highest BCUT2D eigenvalue weighted by atomic mass is 16.7. The molecule has 9 heteroatoms. The van der Waals surface area contributed by atoms with Gasteiger partial charge in [-0.3, -0.25) is 9.59 Å². The molecular formula is C69H133NO8. The van der Waals surface area contributed by atoms with Crippen molar-refractivity contribution in [3.05, 3.63) is 12.2 Å². The minimum Gasteiger partial charge on any atom is -0.545 e. The van der Waals surface area contributed by atoms with Gasteiger partial charge in [-0.25, -0.2) is 0 Å². The second-order valence-corrected chi connectivity index (χ2v) is 24.8. The van der Waals surface area contributed by atoms with Gasteiger partial charge in [0.25, 0.3) is 0 Å². The van der Waals surface area contributed by atoms with Crippen LogP contribution in [-0.2, 0) is 33.3 Å². The fourth-order valence-corrected chi connectivity index (χ4v) is 10.5. The molecule has 0 radical (unpaired) electrons. The van der Waals surface area contributed by atoms with E-state index in [1.165, 1.54) is 289 Å². The van der Waals surface area contributed by atoms with Crippen LogP contribution in [0, 0.1) is 0 Å². The first kappa shape index (κ1) is 76.0. The smallest absolute Gasteiger partial charge is 0.306 e. The molecule has 0 aliphatic rings. The number of carbonyl (C=O) groups is 3. The Morgan fingerprint density at radius 2 is 0.654 bits per heavy atom. The quantitative estimate of drug-likeness (QED) is 0.0195. The van der Waals surface area contributed by atoms with E-state index in [4.69, 9.17) is 18.9 Å². The number of hydrogen-bond acceptors (Lipinski definition) is 8. The third kappa shape index (κ3) is 61.6. The topological polar surface area (TPSA) is 111 Å². The van der Waals surface area contributed by atoms with Crippen molar-refractivity contribution in [1.82, 2.24) is 0 Å². The number of hydrogen-bond donors (Lipinski definition) is 0. The molecule has 2 unspecified atom stereocenters. The van der Waals surface area contributed by atoms with Gasteiger partial charge >= 0.3 is 11.9 Å². The summed E-state index contributed by atoms with van der Waals surface area (Å²) in [6.45, 7) is 4.83. The molecule has 2 atom stereocenters. The Morgan fingerprint density at radius 1 is 0.372 bits per heavy atom. The van der Waals surface area contributed by atoms with Crippen LogP contribution in [0.1, 0.15) is 354 Å². The zero-order chi connectivity index (χ0) is 56.9. The maximum absolute atomic E-state index is 12.9. The van der Waals surface area contributed by atoms with E-state index in [1.54, 1.807) is 0 Å². The van der Waals surface area contributed by atoms with E-state index in [1.807, 2.05) is 21.1 Å². The summed E-state index contributed by atoms with van der Waals surface area (Å²) < 4.78 is 22.8. The van der Waals surface area contributed by atoms with Crippen molar-refractivity contribution in [1.29, 1.82) is 0 Å². The number of unbranched alkanes of at least 4 members (excludes halogenated alkanes) is 48. The molecule has 0 saturated carbocycles. The van der Waals surface area contributed by atoms with Crippen molar-refractivity contribution < 1.29 is 42.9 Å². The van der Waals surface area contributed by atoms with E-state index in [-0.39, 0.29) is 32.2 Å². The van der Waals surface area contributed by atoms with Gasteiger partial charge in [-0.05, 0) is 38.5 Å². The Bertz CT molecular complexity index is 1280. The number of allylic oxidation sites excluding steroid dienone is 2. The van der Waals surface area contributed by atoms with E-state index >= 15 is 0 Å². The van der Waals surface area contributed by atoms with Gasteiger partial charge in [0.15, 0.2) is 12.4 Å². The van der Waals surface area contributed by atoms with Crippen molar-refractivity contribution in [2.45, 2.75) is 367 Å². The number of carboxylic acid groups (broad SMARTS) is 1. The third-order valence-corrected chi connectivity index (χ3v) is 15.8. The molecule has 0 heterocycles. The average Bonchev–Trinajstić information content (AvgIpc) is 3.41. The predicted octanol–water partition coefficient (Wildman–Crippen LogP) is 19.5. The Labute approximate surface area is 485 Å². The summed E-state index contributed by atoms with van der Waals surface area (Å²) in [7, 11) is 5.94. The number of rotatable bonds is 65. The lowest BCUT2D eigenvalue weighted by Crippen LogP contribution is -2.44. The summed E-state index contributed by atoms with van der Waals surface area (Å²) in [5.74, 6) is -2.25. The van der Waals surface area contributed by atoms with E-state index in [0.29, 0.717) is 17.4 Å². The molecule has 0 aromatic rings. The van der Waals surface area contributed by atoms with Gasteiger partial charge in [-0.1, -0.05) is 315 Å². The van der Waals surface area contributed by atoms with Crippen molar-refractivity contribution in [2.24, 2.45) is 0 Å². The predicted molar refractivity (Wildman–Crippen MR) is 330 cm³/mol. The van der Waals surface area contributed by atoms with Gasteiger partial charge in [-0.2, -0.15) is 0 Å². The molecule has 0 aromatic heterocycles. The molecule has 0 rings (SSSR count). The first-order valence-corrected chi connectivity index (χ1v) is 34.3. The summed E-state index contributed by atoms with van der Waals surface area (Å²) in [6.07, 6.45) is 70.1. The van der Waals surface area contributed by atoms with Crippen molar-refractivity contribution in [3.63, 3.8) is 0 Å². The van der Waals surface area contributed by atoms with Crippen molar-refractivity contribution in [3.8, 4) is 0 Å². The fraction of sp³-hybridized carbons (Fsp3) is 0.928. The van der Waals surface area contributed by atoms with Crippen molar-refractivity contribution in [2.75, 3.05) is 47.5 Å². The van der Waals surface area contributed by atoms with Crippen LogP contribution in [0.3, 0.4) is 0 Å². The Morgan fingerprint density at radius 3 is 0.949 bits per heavy atom. The van der Waals surface area contributed by atoms with E-state index in [2.05, 4.69) is 26.0 Å². The van der Waals surface area contributed by atoms with E-state index < -0.39 is 24.3 Å². The van der Waals surface area contributed by atoms with Crippen molar-refractivity contribution >= 4 is 17.9 Å². The van der Waals surface area contributed by atoms with Gasteiger partial charge in [0.05, 0.1) is 40.3 Å². The van der Waals surface area contributed by atoms with Gasteiger partial charge in [0.1, 0.15) is 13.2 Å². The molecule has 78 heavy (non-hydrogen) atoms. The minimum atomic E-state index is -1.62. The Hall–Kier alpha value is -1.97. The van der Waals surface area contributed by atoms with Crippen LogP contribution < -0.4 is 5.11 Å². The van der Waals surface area contributed by atoms with Crippen LogP contribution in [-0.4, -0.2) is 82.3 Å². The number of aliphatic carboxylic acids is 1. The summed E-state index contributed by atoms with van der Waals surface area (Å²) >= 11 is 0.